The van der Waals surface area contributed by atoms with Crippen LogP contribution in [0.25, 0.3) is 0 Å². The molecule has 0 saturated carbocycles. The van der Waals surface area contributed by atoms with Gasteiger partial charge in [0, 0.05) is 11.0 Å². The molecule has 1 aromatic rings. The maximum absolute atomic E-state index is 10.6. The van der Waals surface area contributed by atoms with Gasteiger partial charge in [0.05, 0.1) is 11.1 Å². The van der Waals surface area contributed by atoms with E-state index in [9.17, 15) is 9.90 Å². The zero-order chi connectivity index (χ0) is 15.9. The minimum atomic E-state index is -1.09. The second-order valence-corrected chi connectivity index (χ2v) is 6.75. The molecule has 0 spiro atoms. The second kappa shape index (κ2) is 5.67. The van der Waals surface area contributed by atoms with Gasteiger partial charge in [-0.3, -0.25) is 0 Å². The molecule has 1 aliphatic rings. The highest BCUT2D eigenvalue weighted by molar-refractivity contribution is 6.43. The zero-order valence-electron chi connectivity index (χ0n) is 12.1. The average molecular weight is 333 g/mol. The van der Waals surface area contributed by atoms with Crippen molar-refractivity contribution in [3.63, 3.8) is 0 Å². The standard InChI is InChI=1S/C15H18Cl2O4/c1-7(2)15(3)5-8-4-9(21-6-10(18)19)12(16)13(17)11(8)14(15)20/h4,7,14,20H,5-6H2,1-3H3,(H,18,19). The number of rotatable bonds is 4. The first-order valence-electron chi connectivity index (χ1n) is 6.72. The number of benzene rings is 1. The molecular formula is C15H18Cl2O4. The Morgan fingerprint density at radius 3 is 2.62 bits per heavy atom. The van der Waals surface area contributed by atoms with Gasteiger partial charge < -0.3 is 14.9 Å². The maximum atomic E-state index is 10.6. The van der Waals surface area contributed by atoms with E-state index in [1.54, 1.807) is 6.07 Å². The van der Waals surface area contributed by atoms with Crippen LogP contribution in [0.1, 0.15) is 38.0 Å². The average Bonchev–Trinajstić information content (AvgIpc) is 2.65. The van der Waals surface area contributed by atoms with Gasteiger partial charge in [-0.2, -0.15) is 0 Å². The van der Waals surface area contributed by atoms with Crippen LogP contribution in [0.3, 0.4) is 0 Å². The van der Waals surface area contributed by atoms with Crippen molar-refractivity contribution in [2.45, 2.75) is 33.3 Å². The summed E-state index contributed by atoms with van der Waals surface area (Å²) in [7, 11) is 0. The summed E-state index contributed by atoms with van der Waals surface area (Å²) in [5, 5.41) is 19.7. The van der Waals surface area contributed by atoms with E-state index in [1.165, 1.54) is 0 Å². The van der Waals surface area contributed by atoms with Gasteiger partial charge in [-0.15, -0.1) is 0 Å². The van der Waals surface area contributed by atoms with E-state index >= 15 is 0 Å². The molecule has 1 aliphatic carbocycles. The van der Waals surface area contributed by atoms with Crippen molar-refractivity contribution in [3.05, 3.63) is 27.2 Å². The number of ether oxygens (including phenoxy) is 1. The summed E-state index contributed by atoms with van der Waals surface area (Å²) in [6.07, 6.45) is -0.0624. The Bertz CT molecular complexity index is 586. The maximum Gasteiger partial charge on any atom is 0.341 e. The number of carboxylic acid groups (broad SMARTS) is 1. The molecule has 2 N–H and O–H groups in total. The highest BCUT2D eigenvalue weighted by Crippen LogP contribution is 2.54. The predicted octanol–water partition coefficient (Wildman–Crippen LogP) is 3.71. The molecule has 6 heteroatoms. The van der Waals surface area contributed by atoms with Gasteiger partial charge in [-0.1, -0.05) is 44.0 Å². The van der Waals surface area contributed by atoms with Crippen molar-refractivity contribution in [2.75, 3.05) is 6.61 Å². The van der Waals surface area contributed by atoms with Crippen molar-refractivity contribution >= 4 is 29.2 Å². The normalized spacial score (nSPS) is 24.2. The van der Waals surface area contributed by atoms with Gasteiger partial charge in [0.25, 0.3) is 0 Å². The molecule has 2 rings (SSSR count). The summed E-state index contributed by atoms with van der Waals surface area (Å²) >= 11 is 12.4. The van der Waals surface area contributed by atoms with Crippen LogP contribution in [0.5, 0.6) is 5.75 Å². The Kier molecular flexibility index (Phi) is 4.43. The van der Waals surface area contributed by atoms with E-state index < -0.39 is 18.7 Å². The molecule has 0 amide bonds. The second-order valence-electron chi connectivity index (χ2n) is 6.00. The SMILES string of the molecule is CC(C)C1(C)Cc2cc(OCC(=O)O)c(Cl)c(Cl)c2C1O. The Morgan fingerprint density at radius 1 is 1.48 bits per heavy atom. The molecule has 0 aromatic heterocycles. The van der Waals surface area contributed by atoms with Crippen LogP contribution < -0.4 is 4.74 Å². The first-order valence-corrected chi connectivity index (χ1v) is 7.47. The molecule has 0 saturated heterocycles. The van der Waals surface area contributed by atoms with Crippen LogP contribution in [0.15, 0.2) is 6.07 Å². The Labute approximate surface area is 133 Å². The summed E-state index contributed by atoms with van der Waals surface area (Å²) < 4.78 is 5.17. The molecule has 21 heavy (non-hydrogen) atoms. The van der Waals surface area contributed by atoms with Crippen molar-refractivity contribution in [1.29, 1.82) is 0 Å². The lowest BCUT2D eigenvalue weighted by atomic mass is 9.75. The van der Waals surface area contributed by atoms with Gasteiger partial charge in [-0.25, -0.2) is 4.79 Å². The fourth-order valence-corrected chi connectivity index (χ4v) is 3.24. The van der Waals surface area contributed by atoms with Gasteiger partial charge in [-0.05, 0) is 24.0 Å². The predicted molar refractivity (Wildman–Crippen MR) is 81.2 cm³/mol. The number of hydrogen-bond donors (Lipinski definition) is 2. The summed E-state index contributed by atoms with van der Waals surface area (Å²) in [5.74, 6) is -0.601. The van der Waals surface area contributed by atoms with Crippen molar-refractivity contribution in [1.82, 2.24) is 0 Å². The van der Waals surface area contributed by atoms with Gasteiger partial charge in [0.1, 0.15) is 10.8 Å². The minimum absolute atomic E-state index is 0.142. The molecule has 0 aliphatic heterocycles. The fraction of sp³-hybridized carbons (Fsp3) is 0.533. The number of aliphatic hydroxyl groups is 1. The third kappa shape index (κ3) is 2.72. The Morgan fingerprint density at radius 2 is 2.10 bits per heavy atom. The number of aliphatic carboxylic acids is 1. The summed E-state index contributed by atoms with van der Waals surface area (Å²) in [6.45, 7) is 5.61. The molecule has 0 radical (unpaired) electrons. The molecular weight excluding hydrogens is 315 g/mol. The van der Waals surface area contributed by atoms with Crippen molar-refractivity contribution in [3.8, 4) is 5.75 Å². The molecule has 0 fully saturated rings. The number of carbonyl (C=O) groups is 1. The van der Waals surface area contributed by atoms with E-state index in [-0.39, 0.29) is 27.1 Å². The summed E-state index contributed by atoms with van der Waals surface area (Å²) in [5.41, 5.74) is 1.15. The van der Waals surface area contributed by atoms with E-state index in [2.05, 4.69) is 0 Å². The van der Waals surface area contributed by atoms with E-state index in [0.29, 0.717) is 12.0 Å². The largest absolute Gasteiger partial charge is 0.480 e. The molecule has 0 heterocycles. The van der Waals surface area contributed by atoms with Crippen LogP contribution in [-0.4, -0.2) is 22.8 Å². The zero-order valence-corrected chi connectivity index (χ0v) is 13.6. The lowest BCUT2D eigenvalue weighted by molar-refractivity contribution is -0.139. The molecule has 2 unspecified atom stereocenters. The number of hydrogen-bond acceptors (Lipinski definition) is 3. The van der Waals surface area contributed by atoms with Crippen LogP contribution in [0.4, 0.5) is 0 Å². The first kappa shape index (κ1) is 16.4. The van der Waals surface area contributed by atoms with Crippen LogP contribution in [0.2, 0.25) is 10.0 Å². The summed E-state index contributed by atoms with van der Waals surface area (Å²) in [4.78, 5) is 10.6. The molecule has 1 aromatic carbocycles. The minimum Gasteiger partial charge on any atom is -0.480 e. The lowest BCUT2D eigenvalue weighted by Gasteiger charge is -2.32. The van der Waals surface area contributed by atoms with Crippen LogP contribution in [-0.2, 0) is 11.2 Å². The van der Waals surface area contributed by atoms with Crippen LogP contribution in [0, 0.1) is 11.3 Å². The first-order chi connectivity index (χ1) is 9.68. The monoisotopic (exact) mass is 332 g/mol. The van der Waals surface area contributed by atoms with E-state index in [0.717, 1.165) is 5.56 Å². The van der Waals surface area contributed by atoms with Crippen molar-refractivity contribution < 1.29 is 19.7 Å². The smallest absolute Gasteiger partial charge is 0.341 e. The Balaban J connectivity index is 2.45. The number of aliphatic hydroxyl groups excluding tert-OH is 1. The number of halogens is 2. The number of fused-ring (bicyclic) bond motifs is 1. The van der Waals surface area contributed by atoms with Gasteiger partial charge in [0.15, 0.2) is 6.61 Å². The third-order valence-corrected chi connectivity index (χ3v) is 5.30. The third-order valence-electron chi connectivity index (χ3n) is 4.44. The highest BCUT2D eigenvalue weighted by atomic mass is 35.5. The number of carboxylic acids is 1. The van der Waals surface area contributed by atoms with Crippen molar-refractivity contribution in [2.24, 2.45) is 11.3 Å². The van der Waals surface area contributed by atoms with Gasteiger partial charge in [0.2, 0.25) is 0 Å². The Hall–Kier alpha value is -0.970. The molecule has 116 valence electrons. The van der Waals surface area contributed by atoms with E-state index in [4.69, 9.17) is 33.0 Å². The molecule has 2 atom stereocenters. The highest BCUT2D eigenvalue weighted by Gasteiger charge is 2.45. The quantitative estimate of drug-likeness (QED) is 0.881. The molecule has 0 bridgehead atoms. The molecule has 4 nitrogen and oxygen atoms in total. The van der Waals surface area contributed by atoms with E-state index in [1.807, 2.05) is 20.8 Å². The lowest BCUT2D eigenvalue weighted by Crippen LogP contribution is -2.28. The topological polar surface area (TPSA) is 66.8 Å². The summed E-state index contributed by atoms with van der Waals surface area (Å²) in [6, 6.07) is 1.68. The van der Waals surface area contributed by atoms with Gasteiger partial charge >= 0.3 is 5.97 Å². The van der Waals surface area contributed by atoms with Crippen LogP contribution >= 0.6 is 23.2 Å². The fourth-order valence-electron chi connectivity index (χ4n) is 2.71.